The van der Waals surface area contributed by atoms with Gasteiger partial charge in [0.25, 0.3) is 0 Å². The average molecular weight is 688 g/mol. The van der Waals surface area contributed by atoms with E-state index in [0.29, 0.717) is 17.5 Å². The molecule has 0 aliphatic heterocycles. The van der Waals surface area contributed by atoms with Gasteiger partial charge in [0.15, 0.2) is 0 Å². The molecule has 0 amide bonds. The second-order valence-electron chi connectivity index (χ2n) is 12.0. The first-order chi connectivity index (χ1) is 24.3. The molecule has 0 N–H and O–H groups in total. The maximum atomic E-state index is 5.00. The third-order valence-corrected chi connectivity index (χ3v) is 19.2. The summed E-state index contributed by atoms with van der Waals surface area (Å²) in [6.45, 7) is 0. The Kier molecular flexibility index (Phi) is 8.49. The molecule has 8 aromatic rings. The zero-order valence-corrected chi connectivity index (χ0v) is 29.0. The van der Waals surface area contributed by atoms with Crippen molar-refractivity contribution in [3.63, 3.8) is 0 Å². The normalized spacial score (nSPS) is 11.3. The van der Waals surface area contributed by atoms with Gasteiger partial charge in [-0.15, -0.1) is 0 Å². The van der Waals surface area contributed by atoms with Crippen molar-refractivity contribution in [1.82, 2.24) is 15.0 Å². The fraction of sp³-hybridized carbons (Fsp3) is 0. The number of hydrogen-bond acceptors (Lipinski definition) is 3. The summed E-state index contributed by atoms with van der Waals surface area (Å²) in [5, 5.41) is 0. The molecule has 0 spiro atoms. The van der Waals surface area contributed by atoms with Crippen molar-refractivity contribution >= 4 is 30.8 Å². The molecule has 8 rings (SSSR count). The van der Waals surface area contributed by atoms with Crippen LogP contribution in [0.5, 0.6) is 0 Å². The van der Waals surface area contributed by atoms with Crippen LogP contribution < -0.4 is 17.6 Å². The van der Waals surface area contributed by atoms with E-state index in [1.54, 1.807) is 0 Å². The van der Waals surface area contributed by atoms with E-state index in [1.165, 1.54) is 28.7 Å². The molecule has 0 atom stereocenters. The Bertz CT molecular complexity index is 2180. The van der Waals surface area contributed by atoms with Crippen LogP contribution in [0.4, 0.5) is 0 Å². The third-order valence-electron chi connectivity index (χ3n) is 9.11. The van der Waals surface area contributed by atoms with E-state index in [2.05, 4.69) is 140 Å². The summed E-state index contributed by atoms with van der Waals surface area (Å²) in [4.78, 5) is 14.9. The number of aromatic nitrogens is 3. The summed E-state index contributed by atoms with van der Waals surface area (Å²) in [6.07, 6.45) is 0. The van der Waals surface area contributed by atoms with Gasteiger partial charge in [0, 0.05) is 0 Å². The zero-order chi connectivity index (χ0) is 32.9. The van der Waals surface area contributed by atoms with Crippen LogP contribution in [-0.4, -0.2) is 28.2 Å². The molecule has 232 valence electrons. The summed E-state index contributed by atoms with van der Waals surface area (Å²) in [5.41, 5.74) is 5.31. The van der Waals surface area contributed by atoms with Crippen molar-refractivity contribution in [1.29, 1.82) is 0 Å². The molecule has 0 radical (unpaired) electrons. The number of rotatable bonds is 8. The van der Waals surface area contributed by atoms with Crippen molar-refractivity contribution in [2.45, 2.75) is 0 Å². The van der Waals surface area contributed by atoms with Crippen molar-refractivity contribution in [2.24, 2.45) is 0 Å². The molecule has 0 saturated carbocycles. The number of hydrogen-bond donors (Lipinski definition) is 0. The average Bonchev–Trinajstić information content (AvgIpc) is 3.20. The molecule has 7 aromatic carbocycles. The molecule has 1 aromatic heterocycles. The molecule has 0 unspecified atom stereocenters. The summed E-state index contributed by atoms with van der Waals surface area (Å²) in [5.74, 6) is 1.98. The molecule has 1 heterocycles. The van der Waals surface area contributed by atoms with Gasteiger partial charge in [0.05, 0.1) is 0 Å². The molecule has 0 saturated heterocycles. The Morgan fingerprint density at radius 3 is 0.837 bits per heavy atom. The number of nitrogens with zero attached hydrogens (tertiary/aromatic N) is 3. The van der Waals surface area contributed by atoms with Gasteiger partial charge in [0.2, 0.25) is 0 Å². The predicted octanol–water partition coefficient (Wildman–Crippen LogP) is 7.92. The Labute approximate surface area is 290 Å². The Morgan fingerprint density at radius 1 is 0.224 bits per heavy atom. The van der Waals surface area contributed by atoms with Crippen LogP contribution in [0.15, 0.2) is 200 Å². The summed E-state index contributed by atoms with van der Waals surface area (Å²) in [6, 6.07) is 71.3. The van der Waals surface area contributed by atoms with Gasteiger partial charge in [-0.05, 0) is 0 Å². The first kappa shape index (κ1) is 30.4. The van der Waals surface area contributed by atoms with Gasteiger partial charge in [-0.1, -0.05) is 0 Å². The molecule has 49 heavy (non-hydrogen) atoms. The first-order valence-electron chi connectivity index (χ1n) is 16.5. The van der Waals surface area contributed by atoms with E-state index in [-0.39, 0.29) is 0 Å². The maximum absolute atomic E-state index is 5.00. The zero-order valence-electron chi connectivity index (χ0n) is 26.9. The first-order valence-corrected chi connectivity index (χ1v) is 20.7. The van der Waals surface area contributed by atoms with E-state index >= 15 is 0 Å². The van der Waals surface area contributed by atoms with Crippen LogP contribution in [0.25, 0.3) is 45.3 Å². The van der Waals surface area contributed by atoms with Gasteiger partial charge >= 0.3 is 291 Å². The van der Waals surface area contributed by atoms with Crippen molar-refractivity contribution < 1.29 is 0 Å². The topological polar surface area (TPSA) is 38.7 Å². The molecule has 4 heteroatoms. The van der Waals surface area contributed by atoms with Gasteiger partial charge in [-0.2, -0.15) is 0 Å². The van der Waals surface area contributed by atoms with Crippen molar-refractivity contribution in [2.75, 3.05) is 0 Å². The third kappa shape index (κ3) is 6.01. The van der Waals surface area contributed by atoms with Gasteiger partial charge in [-0.25, -0.2) is 0 Å². The standard InChI is InChI=1S/C45H33GeN3/c1-6-16-34(17-7-1)35-26-30-41(31-27-35)46(39-22-12-4-13-23-39,40-24-14-5-15-25-40)42-32-28-38(29-33-42)45-48-43(36-18-8-2-9-19-36)47-44(49-45)37-20-10-3-11-21-37/h1-33H. The Hall–Kier alpha value is -5.91. The van der Waals surface area contributed by atoms with Crippen LogP contribution in [-0.2, 0) is 0 Å². The second-order valence-corrected chi connectivity index (χ2v) is 20.0. The minimum absolute atomic E-state index is 0.656. The van der Waals surface area contributed by atoms with Gasteiger partial charge in [-0.3, -0.25) is 0 Å². The van der Waals surface area contributed by atoms with Crippen LogP contribution in [0.1, 0.15) is 0 Å². The van der Waals surface area contributed by atoms with E-state index in [1.807, 2.05) is 60.7 Å². The van der Waals surface area contributed by atoms with Crippen LogP contribution in [0.3, 0.4) is 0 Å². The van der Waals surface area contributed by atoms with Crippen LogP contribution >= 0.6 is 0 Å². The summed E-state index contributed by atoms with van der Waals surface area (Å²) < 4.78 is 5.48. The minimum atomic E-state index is -3.48. The molecule has 0 aliphatic carbocycles. The van der Waals surface area contributed by atoms with Crippen molar-refractivity contribution in [3.8, 4) is 45.3 Å². The number of benzene rings is 7. The van der Waals surface area contributed by atoms with Crippen LogP contribution in [0, 0.1) is 0 Å². The second kappa shape index (κ2) is 13.7. The van der Waals surface area contributed by atoms with E-state index in [0.717, 1.165) is 16.7 Å². The van der Waals surface area contributed by atoms with Crippen LogP contribution in [0.2, 0.25) is 0 Å². The van der Waals surface area contributed by atoms with E-state index in [4.69, 9.17) is 15.0 Å². The molecule has 0 aliphatic rings. The van der Waals surface area contributed by atoms with Crippen molar-refractivity contribution in [3.05, 3.63) is 200 Å². The monoisotopic (exact) mass is 689 g/mol. The Balaban J connectivity index is 1.29. The van der Waals surface area contributed by atoms with Gasteiger partial charge in [0.1, 0.15) is 0 Å². The quantitative estimate of drug-likeness (QED) is 0.152. The SMILES string of the molecule is c1ccc(-c2cc[c]([Ge]([c]3ccccc3)([c]3ccccc3)[c]3ccc(-c4nc(-c5ccccc5)nc(-c5ccccc5)n4)cc3)cc2)cc1. The predicted molar refractivity (Wildman–Crippen MR) is 205 cm³/mol. The summed E-state index contributed by atoms with van der Waals surface area (Å²) >= 11 is -3.48. The molecular formula is C45H33GeN3. The molecule has 0 bridgehead atoms. The van der Waals surface area contributed by atoms with E-state index < -0.39 is 13.3 Å². The molecular weight excluding hydrogens is 655 g/mol. The molecule has 0 fully saturated rings. The van der Waals surface area contributed by atoms with E-state index in [9.17, 15) is 0 Å². The fourth-order valence-corrected chi connectivity index (χ4v) is 16.6. The fourth-order valence-electron chi connectivity index (χ4n) is 6.73. The molecule has 3 nitrogen and oxygen atoms in total. The Morgan fingerprint density at radius 2 is 0.469 bits per heavy atom. The van der Waals surface area contributed by atoms with Gasteiger partial charge < -0.3 is 0 Å². The summed E-state index contributed by atoms with van der Waals surface area (Å²) in [7, 11) is 0.